The topological polar surface area (TPSA) is 104 Å². The van der Waals surface area contributed by atoms with Crippen LogP contribution in [-0.4, -0.2) is 42.8 Å². The molecule has 0 radical (unpaired) electrons. The van der Waals surface area contributed by atoms with Crippen LogP contribution in [0.2, 0.25) is 0 Å². The van der Waals surface area contributed by atoms with Gasteiger partial charge in [0.15, 0.2) is 23.9 Å². The second-order valence-electron chi connectivity index (χ2n) is 6.87. The molecule has 1 saturated heterocycles. The Kier molecular flexibility index (Phi) is 4.89. The highest BCUT2D eigenvalue weighted by Crippen LogP contribution is 2.38. The molecule has 1 aromatic heterocycles. The van der Waals surface area contributed by atoms with Gasteiger partial charge in [0.1, 0.15) is 0 Å². The first kappa shape index (κ1) is 18.3. The Balaban J connectivity index is 1.37. The first-order valence-electron chi connectivity index (χ1n) is 9.10. The van der Waals surface area contributed by atoms with Gasteiger partial charge in [-0.05, 0) is 25.0 Å². The van der Waals surface area contributed by atoms with Crippen molar-refractivity contribution in [2.45, 2.75) is 31.8 Å². The van der Waals surface area contributed by atoms with Gasteiger partial charge >= 0.3 is 5.97 Å². The van der Waals surface area contributed by atoms with Crippen molar-refractivity contribution in [2.24, 2.45) is 5.92 Å². The molecule has 1 aromatic carbocycles. The third-order valence-corrected chi connectivity index (χ3v) is 4.90. The van der Waals surface area contributed by atoms with Gasteiger partial charge in [-0.2, -0.15) is 4.98 Å². The largest absolute Gasteiger partial charge is 0.493 e. The van der Waals surface area contributed by atoms with E-state index < -0.39 is 11.9 Å². The highest BCUT2D eigenvalue weighted by atomic mass is 16.6. The Morgan fingerprint density at radius 2 is 2.04 bits per heavy atom. The van der Waals surface area contributed by atoms with Crippen LogP contribution in [0.1, 0.15) is 36.9 Å². The van der Waals surface area contributed by atoms with Crippen LogP contribution in [-0.2, 0) is 20.9 Å². The summed E-state index contributed by atoms with van der Waals surface area (Å²) in [6.45, 7) is 0.157. The molecule has 9 nitrogen and oxygen atoms in total. The number of esters is 1. The Bertz CT molecular complexity index is 892. The number of benzene rings is 1. The van der Waals surface area contributed by atoms with Gasteiger partial charge in [0.25, 0.3) is 5.89 Å². The van der Waals surface area contributed by atoms with E-state index in [9.17, 15) is 9.59 Å². The van der Waals surface area contributed by atoms with E-state index in [-0.39, 0.29) is 31.4 Å². The maximum atomic E-state index is 12.4. The van der Waals surface area contributed by atoms with Gasteiger partial charge in [0, 0.05) is 30.6 Å². The average molecular weight is 387 g/mol. The first-order valence-corrected chi connectivity index (χ1v) is 9.10. The highest BCUT2D eigenvalue weighted by molar-refractivity contribution is 5.99. The SMILES string of the molecule is COc1ccc(N2CC(C(=O)OCc3nc(C4CC4)no3)CC2=O)cc1OC. The summed E-state index contributed by atoms with van der Waals surface area (Å²) in [7, 11) is 3.07. The van der Waals surface area contributed by atoms with E-state index in [1.54, 1.807) is 30.2 Å². The van der Waals surface area contributed by atoms with Crippen molar-refractivity contribution >= 4 is 17.6 Å². The van der Waals surface area contributed by atoms with Gasteiger partial charge < -0.3 is 23.6 Å². The van der Waals surface area contributed by atoms with Crippen LogP contribution < -0.4 is 14.4 Å². The summed E-state index contributed by atoms with van der Waals surface area (Å²) >= 11 is 0. The monoisotopic (exact) mass is 387 g/mol. The summed E-state index contributed by atoms with van der Waals surface area (Å²) in [5, 5.41) is 3.89. The van der Waals surface area contributed by atoms with Crippen molar-refractivity contribution in [1.29, 1.82) is 0 Å². The van der Waals surface area contributed by atoms with Crippen molar-refractivity contribution < 1.29 is 28.3 Å². The zero-order chi connectivity index (χ0) is 19.7. The predicted octanol–water partition coefficient (Wildman–Crippen LogP) is 2.06. The Morgan fingerprint density at radius 3 is 2.75 bits per heavy atom. The molecule has 2 aromatic rings. The van der Waals surface area contributed by atoms with E-state index in [1.807, 2.05) is 0 Å². The molecule has 9 heteroatoms. The van der Waals surface area contributed by atoms with Crippen LogP contribution in [0.15, 0.2) is 22.7 Å². The number of methoxy groups -OCH3 is 2. The summed E-state index contributed by atoms with van der Waals surface area (Å²) in [6, 6.07) is 5.19. The molecule has 148 valence electrons. The number of aromatic nitrogens is 2. The van der Waals surface area contributed by atoms with Crippen molar-refractivity contribution in [3.8, 4) is 11.5 Å². The van der Waals surface area contributed by atoms with Crippen molar-refractivity contribution in [2.75, 3.05) is 25.7 Å². The molecule has 0 spiro atoms. The molecular weight excluding hydrogens is 366 g/mol. The smallest absolute Gasteiger partial charge is 0.311 e. The van der Waals surface area contributed by atoms with Crippen LogP contribution in [0.5, 0.6) is 11.5 Å². The van der Waals surface area contributed by atoms with Crippen LogP contribution in [0.4, 0.5) is 5.69 Å². The van der Waals surface area contributed by atoms with Gasteiger partial charge in [-0.15, -0.1) is 0 Å². The molecular formula is C19H21N3O6. The molecule has 2 fully saturated rings. The molecule has 2 heterocycles. The average Bonchev–Trinajstić information content (AvgIpc) is 3.33. The Hall–Kier alpha value is -3.10. The third-order valence-electron chi connectivity index (χ3n) is 4.90. The zero-order valence-electron chi connectivity index (χ0n) is 15.7. The summed E-state index contributed by atoms with van der Waals surface area (Å²) in [5.74, 6) is 1.24. The van der Waals surface area contributed by atoms with Gasteiger partial charge in [-0.1, -0.05) is 5.16 Å². The number of carbonyl (C=O) groups excluding carboxylic acids is 2. The number of nitrogens with zero attached hydrogens (tertiary/aromatic N) is 3. The number of carbonyl (C=O) groups is 2. The normalized spacial score (nSPS) is 19.0. The molecule has 0 bridgehead atoms. The minimum Gasteiger partial charge on any atom is -0.493 e. The van der Waals surface area contributed by atoms with Crippen molar-refractivity contribution in [1.82, 2.24) is 10.1 Å². The molecule has 1 saturated carbocycles. The molecule has 1 unspecified atom stereocenters. The fraction of sp³-hybridized carbons (Fsp3) is 0.474. The maximum Gasteiger partial charge on any atom is 0.311 e. The molecule has 4 rings (SSSR count). The second-order valence-corrected chi connectivity index (χ2v) is 6.87. The molecule has 28 heavy (non-hydrogen) atoms. The number of ether oxygens (including phenoxy) is 3. The third kappa shape index (κ3) is 3.64. The molecule has 0 N–H and O–H groups in total. The lowest BCUT2D eigenvalue weighted by Gasteiger charge is -2.18. The minimum atomic E-state index is -0.550. The van der Waals surface area contributed by atoms with Crippen LogP contribution in [0, 0.1) is 5.92 Å². The van der Waals surface area contributed by atoms with Gasteiger partial charge in [0.05, 0.1) is 20.1 Å². The Morgan fingerprint density at radius 1 is 1.25 bits per heavy atom. The van der Waals surface area contributed by atoms with E-state index in [0.29, 0.717) is 28.9 Å². The molecule has 1 aliphatic carbocycles. The summed E-state index contributed by atoms with van der Waals surface area (Å²) in [6.07, 6.45) is 2.22. The molecule has 2 aliphatic rings. The van der Waals surface area contributed by atoms with Crippen molar-refractivity contribution in [3.63, 3.8) is 0 Å². The second kappa shape index (κ2) is 7.49. The fourth-order valence-electron chi connectivity index (χ4n) is 3.19. The molecule has 1 amide bonds. The summed E-state index contributed by atoms with van der Waals surface area (Å²) in [5.41, 5.74) is 0.643. The number of amides is 1. The van der Waals surface area contributed by atoms with Crippen molar-refractivity contribution in [3.05, 3.63) is 29.9 Å². The predicted molar refractivity (Wildman–Crippen MR) is 96.1 cm³/mol. The van der Waals surface area contributed by atoms with Gasteiger partial charge in [0.2, 0.25) is 5.91 Å². The van der Waals surface area contributed by atoms with Crippen LogP contribution >= 0.6 is 0 Å². The maximum absolute atomic E-state index is 12.4. The zero-order valence-corrected chi connectivity index (χ0v) is 15.7. The van der Waals surface area contributed by atoms with E-state index in [0.717, 1.165) is 12.8 Å². The molecule has 1 aliphatic heterocycles. The quantitative estimate of drug-likeness (QED) is 0.665. The summed E-state index contributed by atoms with van der Waals surface area (Å²) in [4.78, 5) is 30.6. The van der Waals surface area contributed by atoms with Gasteiger partial charge in [-0.3, -0.25) is 9.59 Å². The van der Waals surface area contributed by atoms with E-state index in [1.165, 1.54) is 7.11 Å². The van der Waals surface area contributed by atoms with E-state index in [4.69, 9.17) is 18.7 Å². The number of hydrogen-bond acceptors (Lipinski definition) is 8. The minimum absolute atomic E-state index is 0.0837. The number of anilines is 1. The number of rotatable bonds is 7. The Labute approximate surface area is 161 Å². The van der Waals surface area contributed by atoms with E-state index >= 15 is 0 Å². The lowest BCUT2D eigenvalue weighted by Crippen LogP contribution is -2.26. The van der Waals surface area contributed by atoms with Crippen LogP contribution in [0.25, 0.3) is 0 Å². The first-order chi connectivity index (χ1) is 13.6. The fourth-order valence-corrected chi connectivity index (χ4v) is 3.19. The highest BCUT2D eigenvalue weighted by Gasteiger charge is 2.37. The number of hydrogen-bond donors (Lipinski definition) is 0. The standard InChI is InChI=1S/C19H21N3O6/c1-25-14-6-5-13(8-15(14)26-2)22-9-12(7-17(22)23)19(24)27-10-16-20-18(21-28-16)11-3-4-11/h5-6,8,11-12H,3-4,7,9-10H2,1-2H3. The molecule has 1 atom stereocenters. The lowest BCUT2D eigenvalue weighted by molar-refractivity contribution is -0.150. The van der Waals surface area contributed by atoms with E-state index in [2.05, 4.69) is 10.1 Å². The lowest BCUT2D eigenvalue weighted by atomic mass is 10.1. The van der Waals surface area contributed by atoms with Crippen LogP contribution in [0.3, 0.4) is 0 Å². The van der Waals surface area contributed by atoms with Gasteiger partial charge in [-0.25, -0.2) is 0 Å². The summed E-state index contributed by atoms with van der Waals surface area (Å²) < 4.78 is 20.9.